The summed E-state index contributed by atoms with van der Waals surface area (Å²) in [4.78, 5) is 14.0. The van der Waals surface area contributed by atoms with E-state index in [4.69, 9.17) is 9.47 Å². The Bertz CT molecular complexity index is 745. The number of phenols is 1. The number of carbonyl (C=O) groups excluding carboxylic acids is 1. The third-order valence-electron chi connectivity index (χ3n) is 3.53. The number of ether oxygens (including phenoxy) is 2. The van der Waals surface area contributed by atoms with Crippen LogP contribution in [0.1, 0.15) is 15.9 Å². The molecule has 0 atom stereocenters. The van der Waals surface area contributed by atoms with E-state index < -0.39 is 0 Å². The first-order chi connectivity index (χ1) is 12.0. The molecule has 2 aromatic rings. The van der Waals surface area contributed by atoms with Crippen LogP contribution in [0.4, 0.5) is 5.69 Å². The average molecular weight is 343 g/mol. The molecule has 0 saturated heterocycles. The maximum atomic E-state index is 12.1. The average Bonchev–Trinajstić information content (AvgIpc) is 2.62. The van der Waals surface area contributed by atoms with E-state index >= 15 is 0 Å². The molecule has 0 bridgehead atoms. The van der Waals surface area contributed by atoms with Gasteiger partial charge in [0.05, 0.1) is 20.4 Å². The molecule has 0 aliphatic carbocycles. The lowest BCUT2D eigenvalue weighted by atomic mass is 10.2. The standard InChI is InChI=1S/C18H21N3O4/c1-21(2)14-7-5-13(6-8-14)18(23)20-19-11-12-9-15(24-3)17(22)16(10-12)25-4/h5-11,22H,1-4H3,(H,20,23). The number of hydrogen-bond acceptors (Lipinski definition) is 6. The fraction of sp³-hybridized carbons (Fsp3) is 0.222. The Balaban J connectivity index is 2.08. The first kappa shape index (κ1) is 18.1. The van der Waals surface area contributed by atoms with Crippen molar-refractivity contribution in [3.8, 4) is 17.2 Å². The first-order valence-corrected chi connectivity index (χ1v) is 7.52. The summed E-state index contributed by atoms with van der Waals surface area (Å²) in [5, 5.41) is 13.8. The van der Waals surface area contributed by atoms with Gasteiger partial charge in [-0.3, -0.25) is 4.79 Å². The summed E-state index contributed by atoms with van der Waals surface area (Å²) in [6.45, 7) is 0. The van der Waals surface area contributed by atoms with Crippen LogP contribution in [0, 0.1) is 0 Å². The number of benzene rings is 2. The second kappa shape index (κ2) is 8.05. The molecule has 2 rings (SSSR count). The minimum Gasteiger partial charge on any atom is -0.502 e. The molecule has 0 saturated carbocycles. The predicted molar refractivity (Wildman–Crippen MR) is 97.0 cm³/mol. The van der Waals surface area contributed by atoms with E-state index in [2.05, 4.69) is 10.5 Å². The zero-order chi connectivity index (χ0) is 18.4. The summed E-state index contributed by atoms with van der Waals surface area (Å²) >= 11 is 0. The monoisotopic (exact) mass is 343 g/mol. The van der Waals surface area contributed by atoms with Crippen molar-refractivity contribution in [3.05, 3.63) is 47.5 Å². The first-order valence-electron chi connectivity index (χ1n) is 7.52. The van der Waals surface area contributed by atoms with E-state index in [1.165, 1.54) is 20.4 Å². The Hall–Kier alpha value is -3.22. The van der Waals surface area contributed by atoms with Crippen molar-refractivity contribution in [1.29, 1.82) is 0 Å². The van der Waals surface area contributed by atoms with Gasteiger partial charge in [-0.1, -0.05) is 0 Å². The van der Waals surface area contributed by atoms with Crippen molar-refractivity contribution in [2.24, 2.45) is 5.10 Å². The summed E-state index contributed by atoms with van der Waals surface area (Å²) in [7, 11) is 6.74. The normalized spacial score (nSPS) is 10.6. The van der Waals surface area contributed by atoms with Gasteiger partial charge in [0.15, 0.2) is 11.5 Å². The van der Waals surface area contributed by atoms with E-state index in [-0.39, 0.29) is 23.2 Å². The Labute approximate surface area is 146 Å². The molecule has 0 unspecified atom stereocenters. The molecule has 0 spiro atoms. The van der Waals surface area contributed by atoms with Crippen LogP contribution in [0.15, 0.2) is 41.5 Å². The summed E-state index contributed by atoms with van der Waals surface area (Å²) in [6.07, 6.45) is 1.44. The molecule has 0 radical (unpaired) electrons. The van der Waals surface area contributed by atoms with E-state index in [1.54, 1.807) is 24.3 Å². The molecule has 25 heavy (non-hydrogen) atoms. The van der Waals surface area contributed by atoms with Gasteiger partial charge in [0.25, 0.3) is 5.91 Å². The summed E-state index contributed by atoms with van der Waals surface area (Å²) in [5.74, 6) is 0.101. The molecule has 7 nitrogen and oxygen atoms in total. The molecular formula is C18H21N3O4. The summed E-state index contributed by atoms with van der Waals surface area (Å²) in [5.41, 5.74) is 4.57. The van der Waals surface area contributed by atoms with Gasteiger partial charge in [-0.25, -0.2) is 5.43 Å². The van der Waals surface area contributed by atoms with Gasteiger partial charge in [-0.15, -0.1) is 0 Å². The number of nitrogens with zero attached hydrogens (tertiary/aromatic N) is 2. The van der Waals surface area contributed by atoms with Gasteiger partial charge < -0.3 is 19.5 Å². The highest BCUT2D eigenvalue weighted by atomic mass is 16.5. The van der Waals surface area contributed by atoms with Crippen molar-refractivity contribution in [2.45, 2.75) is 0 Å². The maximum absolute atomic E-state index is 12.1. The minimum atomic E-state index is -0.320. The Morgan fingerprint density at radius 2 is 1.68 bits per heavy atom. The molecule has 0 aromatic heterocycles. The van der Waals surface area contributed by atoms with Crippen LogP contribution in [-0.2, 0) is 0 Å². The van der Waals surface area contributed by atoms with Gasteiger partial charge in [-0.2, -0.15) is 5.10 Å². The molecular weight excluding hydrogens is 322 g/mol. The van der Waals surface area contributed by atoms with Crippen molar-refractivity contribution < 1.29 is 19.4 Å². The van der Waals surface area contributed by atoms with Crippen LogP contribution < -0.4 is 19.8 Å². The summed E-state index contributed by atoms with van der Waals surface area (Å²) < 4.78 is 10.1. The lowest BCUT2D eigenvalue weighted by Gasteiger charge is -2.12. The SMILES string of the molecule is COc1cc(C=NNC(=O)c2ccc(N(C)C)cc2)cc(OC)c1O. The second-order valence-electron chi connectivity index (χ2n) is 5.41. The van der Waals surface area contributed by atoms with Crippen LogP contribution >= 0.6 is 0 Å². The van der Waals surface area contributed by atoms with E-state index in [9.17, 15) is 9.90 Å². The van der Waals surface area contributed by atoms with Crippen molar-refractivity contribution in [1.82, 2.24) is 5.43 Å². The van der Waals surface area contributed by atoms with Crippen molar-refractivity contribution in [2.75, 3.05) is 33.2 Å². The zero-order valence-electron chi connectivity index (χ0n) is 14.6. The molecule has 0 fully saturated rings. The number of hydrogen-bond donors (Lipinski definition) is 2. The lowest BCUT2D eigenvalue weighted by Crippen LogP contribution is -2.18. The topological polar surface area (TPSA) is 83.4 Å². The molecule has 1 amide bonds. The summed E-state index contributed by atoms with van der Waals surface area (Å²) in [6, 6.07) is 10.3. The molecule has 0 aliphatic rings. The number of hydrazone groups is 1. The Kier molecular flexibility index (Phi) is 5.84. The number of rotatable bonds is 6. The van der Waals surface area contributed by atoms with Crippen molar-refractivity contribution >= 4 is 17.8 Å². The highest BCUT2D eigenvalue weighted by Gasteiger charge is 2.10. The van der Waals surface area contributed by atoms with Gasteiger partial charge in [0.1, 0.15) is 0 Å². The van der Waals surface area contributed by atoms with Crippen LogP contribution in [0.3, 0.4) is 0 Å². The minimum absolute atomic E-state index is 0.0906. The number of amides is 1. The number of anilines is 1. The van der Waals surface area contributed by atoms with Gasteiger partial charge in [0, 0.05) is 30.9 Å². The van der Waals surface area contributed by atoms with Gasteiger partial charge >= 0.3 is 0 Å². The quantitative estimate of drug-likeness (QED) is 0.621. The third-order valence-corrected chi connectivity index (χ3v) is 3.53. The third kappa shape index (κ3) is 4.41. The van der Waals surface area contributed by atoms with Crippen LogP contribution in [0.25, 0.3) is 0 Å². The van der Waals surface area contributed by atoms with Crippen LogP contribution in [0.2, 0.25) is 0 Å². The van der Waals surface area contributed by atoms with E-state index in [0.717, 1.165) is 5.69 Å². The van der Waals surface area contributed by atoms with Crippen molar-refractivity contribution in [3.63, 3.8) is 0 Å². The molecule has 132 valence electrons. The maximum Gasteiger partial charge on any atom is 0.271 e. The lowest BCUT2D eigenvalue weighted by molar-refractivity contribution is 0.0955. The smallest absolute Gasteiger partial charge is 0.271 e. The fourth-order valence-corrected chi connectivity index (χ4v) is 2.13. The molecule has 7 heteroatoms. The van der Waals surface area contributed by atoms with E-state index in [0.29, 0.717) is 11.1 Å². The Morgan fingerprint density at radius 1 is 1.12 bits per heavy atom. The largest absolute Gasteiger partial charge is 0.502 e. The number of aromatic hydroxyl groups is 1. The number of carbonyl (C=O) groups is 1. The molecule has 0 aliphatic heterocycles. The number of nitrogens with one attached hydrogen (secondary N) is 1. The Morgan fingerprint density at radius 3 is 2.16 bits per heavy atom. The fourth-order valence-electron chi connectivity index (χ4n) is 2.13. The van der Waals surface area contributed by atoms with Crippen LogP contribution in [-0.4, -0.2) is 45.5 Å². The predicted octanol–water partition coefficient (Wildman–Crippen LogP) is 2.24. The van der Waals surface area contributed by atoms with Gasteiger partial charge in [-0.05, 0) is 36.4 Å². The van der Waals surface area contributed by atoms with Crippen LogP contribution in [0.5, 0.6) is 17.2 Å². The molecule has 0 heterocycles. The second-order valence-corrected chi connectivity index (χ2v) is 5.41. The molecule has 2 aromatic carbocycles. The molecule has 2 N–H and O–H groups in total. The highest BCUT2D eigenvalue weighted by Crippen LogP contribution is 2.36. The van der Waals surface area contributed by atoms with Gasteiger partial charge in [0.2, 0.25) is 5.75 Å². The number of methoxy groups -OCH3 is 2. The number of phenolic OH excluding ortho intramolecular Hbond substituents is 1. The highest BCUT2D eigenvalue weighted by molar-refractivity contribution is 5.95. The zero-order valence-corrected chi connectivity index (χ0v) is 14.6. The van der Waals surface area contributed by atoms with E-state index in [1.807, 2.05) is 31.1 Å².